The van der Waals surface area contributed by atoms with Crippen molar-refractivity contribution in [3.8, 4) is 0 Å². The fourth-order valence-corrected chi connectivity index (χ4v) is 1.69. The van der Waals surface area contributed by atoms with Gasteiger partial charge in [0.2, 0.25) is 0 Å². The van der Waals surface area contributed by atoms with Gasteiger partial charge >= 0.3 is 0 Å². The fourth-order valence-electron chi connectivity index (χ4n) is 1.69. The number of carbonyl (C=O) groups is 2. The highest BCUT2D eigenvalue weighted by atomic mass is 19.1. The summed E-state index contributed by atoms with van der Waals surface area (Å²) in [7, 11) is 0. The summed E-state index contributed by atoms with van der Waals surface area (Å²) in [5.41, 5.74) is 2.87. The van der Waals surface area contributed by atoms with Crippen molar-refractivity contribution in [3.63, 3.8) is 0 Å². The van der Waals surface area contributed by atoms with Crippen molar-refractivity contribution in [1.82, 2.24) is 5.48 Å². The van der Waals surface area contributed by atoms with Crippen LogP contribution in [0.15, 0.2) is 54.6 Å². The molecule has 0 bridgehead atoms. The molecule has 5 heteroatoms. The summed E-state index contributed by atoms with van der Waals surface area (Å²) < 4.78 is 12.7. The number of benzene rings is 2. The van der Waals surface area contributed by atoms with Gasteiger partial charge in [-0.15, -0.1) is 0 Å². The maximum atomic E-state index is 12.7. The fraction of sp³-hybridized carbons (Fsp3) is 0. The topological polar surface area (TPSA) is 66.4 Å². The van der Waals surface area contributed by atoms with E-state index in [-0.39, 0.29) is 17.2 Å². The SMILES string of the molecule is O=C(C=Cc1ccc(F)cc1)c1ccc(C(=O)NO)cc1. The van der Waals surface area contributed by atoms with Crippen molar-refractivity contribution < 1.29 is 19.2 Å². The lowest BCUT2D eigenvalue weighted by atomic mass is 10.1. The lowest BCUT2D eigenvalue weighted by Gasteiger charge is -2.00. The first-order chi connectivity index (χ1) is 10.1. The van der Waals surface area contributed by atoms with Crippen molar-refractivity contribution in [2.75, 3.05) is 0 Å². The molecular formula is C16H12FNO3. The van der Waals surface area contributed by atoms with E-state index in [0.29, 0.717) is 11.1 Å². The number of nitrogens with one attached hydrogen (secondary N) is 1. The smallest absolute Gasteiger partial charge is 0.274 e. The van der Waals surface area contributed by atoms with Gasteiger partial charge < -0.3 is 0 Å². The molecule has 0 fully saturated rings. The van der Waals surface area contributed by atoms with E-state index >= 15 is 0 Å². The van der Waals surface area contributed by atoms with Gasteiger partial charge in [0.25, 0.3) is 5.91 Å². The average Bonchev–Trinajstić information content (AvgIpc) is 2.53. The minimum absolute atomic E-state index is 0.240. The van der Waals surface area contributed by atoms with Gasteiger partial charge in [0.05, 0.1) is 0 Å². The Hall–Kier alpha value is -2.79. The van der Waals surface area contributed by atoms with Gasteiger partial charge in [0.1, 0.15) is 5.82 Å². The number of allylic oxidation sites excluding steroid dienone is 1. The van der Waals surface area contributed by atoms with Crippen LogP contribution in [0.3, 0.4) is 0 Å². The van der Waals surface area contributed by atoms with Crippen LogP contribution in [0.2, 0.25) is 0 Å². The molecule has 4 nitrogen and oxygen atoms in total. The standard InChI is InChI=1S/C16H12FNO3/c17-14-8-1-11(2-9-14)3-10-15(19)12-4-6-13(7-5-12)16(20)18-21/h1-10,21H,(H,18,20). The van der Waals surface area contributed by atoms with Crippen LogP contribution in [0.5, 0.6) is 0 Å². The van der Waals surface area contributed by atoms with E-state index in [1.807, 2.05) is 0 Å². The highest BCUT2D eigenvalue weighted by Gasteiger charge is 2.06. The van der Waals surface area contributed by atoms with Crippen molar-refractivity contribution in [1.29, 1.82) is 0 Å². The summed E-state index contributed by atoms with van der Waals surface area (Å²) in [6, 6.07) is 11.6. The Morgan fingerprint density at radius 1 is 0.952 bits per heavy atom. The van der Waals surface area contributed by atoms with E-state index in [4.69, 9.17) is 5.21 Å². The first-order valence-electron chi connectivity index (χ1n) is 6.12. The molecule has 0 unspecified atom stereocenters. The van der Waals surface area contributed by atoms with E-state index in [0.717, 1.165) is 0 Å². The Morgan fingerprint density at radius 2 is 1.52 bits per heavy atom. The first-order valence-corrected chi connectivity index (χ1v) is 6.12. The molecule has 1 amide bonds. The average molecular weight is 285 g/mol. The maximum Gasteiger partial charge on any atom is 0.274 e. The Kier molecular flexibility index (Phi) is 4.58. The molecule has 0 spiro atoms. The molecule has 0 radical (unpaired) electrons. The molecule has 2 aromatic carbocycles. The molecule has 0 aromatic heterocycles. The van der Waals surface area contributed by atoms with E-state index in [2.05, 4.69) is 0 Å². The maximum absolute atomic E-state index is 12.7. The van der Waals surface area contributed by atoms with Crippen molar-refractivity contribution >= 4 is 17.8 Å². The Labute approximate surface area is 120 Å². The zero-order valence-electron chi connectivity index (χ0n) is 10.9. The van der Waals surface area contributed by atoms with Crippen LogP contribution in [0, 0.1) is 5.82 Å². The third-order valence-electron chi connectivity index (χ3n) is 2.83. The number of halogens is 1. The van der Waals surface area contributed by atoms with Crippen LogP contribution in [0.4, 0.5) is 4.39 Å². The van der Waals surface area contributed by atoms with Crippen LogP contribution >= 0.6 is 0 Å². The van der Waals surface area contributed by atoms with Crippen LogP contribution in [0.1, 0.15) is 26.3 Å². The van der Waals surface area contributed by atoms with Gasteiger partial charge in [-0.25, -0.2) is 9.87 Å². The molecular weight excluding hydrogens is 273 g/mol. The van der Waals surface area contributed by atoms with Crippen molar-refractivity contribution in [2.24, 2.45) is 0 Å². The minimum Gasteiger partial charge on any atom is -0.289 e. The number of ketones is 1. The van der Waals surface area contributed by atoms with E-state index in [9.17, 15) is 14.0 Å². The summed E-state index contributed by atoms with van der Waals surface area (Å²) in [6.45, 7) is 0. The normalized spacial score (nSPS) is 10.6. The Balaban J connectivity index is 2.09. The molecule has 106 valence electrons. The molecule has 21 heavy (non-hydrogen) atoms. The summed E-state index contributed by atoms with van der Waals surface area (Å²) in [5, 5.41) is 8.49. The molecule has 0 saturated carbocycles. The number of carbonyl (C=O) groups excluding carboxylic acids is 2. The number of hydrogen-bond donors (Lipinski definition) is 2. The van der Waals surface area contributed by atoms with Crippen LogP contribution in [-0.2, 0) is 0 Å². The molecule has 2 rings (SSSR count). The Bertz CT molecular complexity index is 676. The molecule has 0 aliphatic carbocycles. The van der Waals surface area contributed by atoms with E-state index in [1.165, 1.54) is 48.0 Å². The number of hydrogen-bond acceptors (Lipinski definition) is 3. The monoisotopic (exact) mass is 285 g/mol. The van der Waals surface area contributed by atoms with Gasteiger partial charge in [-0.3, -0.25) is 14.8 Å². The van der Waals surface area contributed by atoms with Crippen molar-refractivity contribution in [2.45, 2.75) is 0 Å². The molecule has 2 aromatic rings. The molecule has 0 aliphatic rings. The zero-order valence-corrected chi connectivity index (χ0v) is 10.9. The van der Waals surface area contributed by atoms with Gasteiger partial charge in [-0.2, -0.15) is 0 Å². The Morgan fingerprint density at radius 3 is 2.10 bits per heavy atom. The minimum atomic E-state index is -0.643. The highest BCUT2D eigenvalue weighted by Crippen LogP contribution is 2.09. The number of rotatable bonds is 4. The van der Waals surface area contributed by atoms with Gasteiger partial charge in [0, 0.05) is 11.1 Å². The zero-order chi connectivity index (χ0) is 15.2. The van der Waals surface area contributed by atoms with Crippen LogP contribution in [0.25, 0.3) is 6.08 Å². The van der Waals surface area contributed by atoms with E-state index < -0.39 is 5.91 Å². The van der Waals surface area contributed by atoms with E-state index in [1.54, 1.807) is 18.2 Å². The predicted molar refractivity (Wildman–Crippen MR) is 75.5 cm³/mol. The third kappa shape index (κ3) is 3.84. The molecule has 0 saturated heterocycles. The molecule has 0 aliphatic heterocycles. The first kappa shape index (κ1) is 14.6. The molecule has 2 N–H and O–H groups in total. The van der Waals surface area contributed by atoms with Crippen LogP contribution in [-0.4, -0.2) is 16.9 Å². The highest BCUT2D eigenvalue weighted by molar-refractivity contribution is 6.07. The lowest BCUT2D eigenvalue weighted by Crippen LogP contribution is -2.18. The van der Waals surface area contributed by atoms with Gasteiger partial charge in [-0.05, 0) is 35.9 Å². The second-order valence-corrected chi connectivity index (χ2v) is 4.27. The van der Waals surface area contributed by atoms with Crippen LogP contribution < -0.4 is 5.48 Å². The molecule has 0 atom stereocenters. The lowest BCUT2D eigenvalue weighted by molar-refractivity contribution is 0.0706. The second-order valence-electron chi connectivity index (χ2n) is 4.27. The third-order valence-corrected chi connectivity index (χ3v) is 2.83. The summed E-state index contributed by atoms with van der Waals surface area (Å²) >= 11 is 0. The quantitative estimate of drug-likeness (QED) is 0.393. The molecule has 0 heterocycles. The summed E-state index contributed by atoms with van der Waals surface area (Å²) in [5.74, 6) is -1.22. The number of amides is 1. The summed E-state index contributed by atoms with van der Waals surface area (Å²) in [4.78, 5) is 23.1. The number of hydroxylamine groups is 1. The predicted octanol–water partition coefficient (Wildman–Crippen LogP) is 2.84. The summed E-state index contributed by atoms with van der Waals surface area (Å²) in [6.07, 6.45) is 2.95. The van der Waals surface area contributed by atoms with Gasteiger partial charge in [-0.1, -0.05) is 30.3 Å². The van der Waals surface area contributed by atoms with Crippen molar-refractivity contribution in [3.05, 3.63) is 77.1 Å². The largest absolute Gasteiger partial charge is 0.289 e. The second kappa shape index (κ2) is 6.58. The van der Waals surface area contributed by atoms with Gasteiger partial charge in [0.15, 0.2) is 5.78 Å².